The van der Waals surface area contributed by atoms with Crippen molar-refractivity contribution >= 4 is 47.8 Å². The van der Waals surface area contributed by atoms with Crippen LogP contribution in [0.4, 0.5) is 19.2 Å². The van der Waals surface area contributed by atoms with Crippen molar-refractivity contribution in [3.8, 4) is 0 Å². The van der Waals surface area contributed by atoms with Crippen molar-refractivity contribution in [3.05, 3.63) is 70.8 Å². The zero-order valence-corrected chi connectivity index (χ0v) is 40.3. The van der Waals surface area contributed by atoms with Crippen LogP contribution in [0.2, 0.25) is 0 Å². The molecule has 70 heavy (non-hydrogen) atoms. The molecular weight excluding hydrogens is 901 g/mol. The Morgan fingerprint density at radius 1 is 0.557 bits per heavy atom. The highest BCUT2D eigenvalue weighted by molar-refractivity contribution is 5.95. The lowest BCUT2D eigenvalue weighted by Crippen LogP contribution is -2.53. The molecule has 1 aliphatic carbocycles. The fourth-order valence-electron chi connectivity index (χ4n) is 9.33. The number of ether oxygens (including phenoxy) is 2. The van der Waals surface area contributed by atoms with Crippen molar-refractivity contribution in [1.82, 2.24) is 40.0 Å². The van der Waals surface area contributed by atoms with E-state index >= 15 is 0 Å². The fourth-order valence-corrected chi connectivity index (χ4v) is 9.33. The Balaban J connectivity index is 0.000000334. The predicted octanol–water partition coefficient (Wildman–Crippen LogP) is 3.07. The Labute approximate surface area is 410 Å². The summed E-state index contributed by atoms with van der Waals surface area (Å²) >= 11 is 0. The van der Waals surface area contributed by atoms with Crippen LogP contribution < -0.4 is 22.1 Å². The Bertz CT molecular complexity index is 1970. The number of carbonyl (C=O) groups excluding carboxylic acids is 5. The Hall–Kier alpha value is -6.64. The van der Waals surface area contributed by atoms with Crippen LogP contribution in [-0.2, 0) is 31.9 Å². The first-order chi connectivity index (χ1) is 33.7. The minimum absolute atomic E-state index is 0.00775. The van der Waals surface area contributed by atoms with Gasteiger partial charge < -0.3 is 66.1 Å². The summed E-state index contributed by atoms with van der Waals surface area (Å²) in [5, 5.41) is 30.1. The van der Waals surface area contributed by atoms with Crippen molar-refractivity contribution < 1.29 is 43.3 Å². The van der Waals surface area contributed by atoms with E-state index < -0.39 is 6.09 Å². The zero-order valence-electron chi connectivity index (χ0n) is 40.3. The summed E-state index contributed by atoms with van der Waals surface area (Å²) < 4.78 is 11.8. The molecule has 0 unspecified atom stereocenters. The smallest absolute Gasteiger partial charge is 0.410 e. The second-order valence-electron chi connectivity index (χ2n) is 18.7. The van der Waals surface area contributed by atoms with Gasteiger partial charge in [0.25, 0.3) is 0 Å². The minimum atomic E-state index is -0.907. The largest absolute Gasteiger partial charge is 0.465 e. The molecule has 0 bridgehead atoms. The van der Waals surface area contributed by atoms with Gasteiger partial charge in [-0.2, -0.15) is 0 Å². The van der Waals surface area contributed by atoms with Gasteiger partial charge in [0.1, 0.15) is 23.9 Å². The highest BCUT2D eigenvalue weighted by Gasteiger charge is 2.31. The molecule has 382 valence electrons. The third-order valence-electron chi connectivity index (χ3n) is 13.8. The monoisotopic (exact) mass is 973 g/mol. The number of amidine groups is 2. The molecule has 4 heterocycles. The van der Waals surface area contributed by atoms with E-state index in [0.29, 0.717) is 128 Å². The average Bonchev–Trinajstić information content (AvgIpc) is 3.36. The van der Waals surface area contributed by atoms with Gasteiger partial charge in [-0.3, -0.25) is 20.4 Å². The van der Waals surface area contributed by atoms with Crippen LogP contribution in [0.15, 0.2) is 48.5 Å². The number of urea groups is 1. The van der Waals surface area contributed by atoms with Crippen LogP contribution in [0.3, 0.4) is 0 Å². The van der Waals surface area contributed by atoms with E-state index in [2.05, 4.69) is 10.6 Å². The Kier molecular flexibility index (Phi) is 19.9. The van der Waals surface area contributed by atoms with Crippen LogP contribution in [0.1, 0.15) is 80.0 Å². The van der Waals surface area contributed by atoms with E-state index in [0.717, 1.165) is 43.5 Å². The summed E-state index contributed by atoms with van der Waals surface area (Å²) in [5.74, 6) is 0.668. The Morgan fingerprint density at radius 3 is 1.31 bits per heavy atom. The summed E-state index contributed by atoms with van der Waals surface area (Å²) in [7, 11) is 0. The van der Waals surface area contributed by atoms with Gasteiger partial charge in [-0.15, -0.1) is 0 Å². The molecule has 0 spiro atoms. The number of nitrogens with two attached hydrogens (primary N) is 2. The van der Waals surface area contributed by atoms with Gasteiger partial charge in [0.2, 0.25) is 11.8 Å². The molecule has 21 heteroatoms. The van der Waals surface area contributed by atoms with Crippen LogP contribution in [0, 0.1) is 16.7 Å². The number of carbonyl (C=O) groups is 6. The highest BCUT2D eigenvalue weighted by atomic mass is 16.6. The van der Waals surface area contributed by atoms with E-state index in [1.165, 1.54) is 17.7 Å². The van der Waals surface area contributed by atoms with E-state index in [1.54, 1.807) is 73.0 Å². The number of rotatable bonds is 11. The maximum atomic E-state index is 13.0. The summed E-state index contributed by atoms with van der Waals surface area (Å²) in [6, 6.07) is 14.1. The predicted molar refractivity (Wildman–Crippen MR) is 262 cm³/mol. The third kappa shape index (κ3) is 16.2. The number of hydrogen-bond donors (Lipinski definition) is 7. The molecule has 7 rings (SSSR count). The first kappa shape index (κ1) is 52.7. The van der Waals surface area contributed by atoms with Gasteiger partial charge in [-0.05, 0) is 87.9 Å². The summed E-state index contributed by atoms with van der Waals surface area (Å²) in [6.07, 6.45) is 6.20. The molecule has 0 atom stereocenters. The number of nitrogens with zero attached hydrogens (tertiary/aromatic N) is 6. The van der Waals surface area contributed by atoms with Crippen LogP contribution in [-0.4, -0.2) is 193 Å². The lowest BCUT2D eigenvalue weighted by atomic mass is 9.95. The van der Waals surface area contributed by atoms with Gasteiger partial charge in [-0.25, -0.2) is 19.2 Å². The van der Waals surface area contributed by atoms with Gasteiger partial charge in [0, 0.05) is 96.2 Å². The number of piperidine rings is 1. The maximum absolute atomic E-state index is 13.0. The second-order valence-corrected chi connectivity index (χ2v) is 18.7. The van der Waals surface area contributed by atoms with E-state index in [-0.39, 0.29) is 66.8 Å². The minimum Gasteiger partial charge on any atom is -0.465 e. The van der Waals surface area contributed by atoms with Crippen molar-refractivity contribution in [2.24, 2.45) is 17.4 Å². The highest BCUT2D eigenvalue weighted by Crippen LogP contribution is 2.24. The lowest BCUT2D eigenvalue weighted by molar-refractivity contribution is -0.132. The van der Waals surface area contributed by atoms with Crippen molar-refractivity contribution in [2.75, 3.05) is 98.2 Å². The van der Waals surface area contributed by atoms with Gasteiger partial charge in [0.05, 0.1) is 12.8 Å². The van der Waals surface area contributed by atoms with E-state index in [1.807, 2.05) is 0 Å². The molecule has 0 aromatic heterocycles. The van der Waals surface area contributed by atoms with Crippen molar-refractivity contribution in [3.63, 3.8) is 0 Å². The van der Waals surface area contributed by atoms with Crippen LogP contribution in [0.25, 0.3) is 0 Å². The molecule has 2 aromatic rings. The number of piperazine rings is 3. The second kappa shape index (κ2) is 26.4. The average molecular weight is 973 g/mol. The van der Waals surface area contributed by atoms with Crippen molar-refractivity contribution in [2.45, 2.75) is 82.8 Å². The van der Waals surface area contributed by atoms with E-state index in [9.17, 15) is 28.8 Å². The summed E-state index contributed by atoms with van der Waals surface area (Å²) in [4.78, 5) is 84.2. The van der Waals surface area contributed by atoms with Gasteiger partial charge in [0.15, 0.2) is 0 Å². The number of carboxylic acid groups (broad SMARTS) is 1. The molecule has 0 radical (unpaired) electrons. The molecule has 9 N–H and O–H groups in total. The number of nitrogens with one attached hydrogen (secondary N) is 4. The van der Waals surface area contributed by atoms with Crippen molar-refractivity contribution in [1.29, 1.82) is 10.8 Å². The van der Waals surface area contributed by atoms with E-state index in [4.69, 9.17) is 36.9 Å². The number of amides is 7. The molecule has 4 aliphatic heterocycles. The topological polar surface area (TPSA) is 284 Å². The molecule has 1 saturated carbocycles. The first-order valence-corrected chi connectivity index (χ1v) is 24.8. The Morgan fingerprint density at radius 2 is 0.929 bits per heavy atom. The van der Waals surface area contributed by atoms with Gasteiger partial charge >= 0.3 is 24.3 Å². The molecule has 5 aliphatic rings. The first-order valence-electron chi connectivity index (χ1n) is 24.8. The molecule has 2 aromatic carbocycles. The summed E-state index contributed by atoms with van der Waals surface area (Å²) in [6.45, 7) is 8.06. The standard InChI is InChI=1S/C36H48N8O6.C13H24N4O3/c37-33(38)27-11-7-25(8-12-27)23-31(45)41-15-19-43(20-16-41)35(47)49-29-3-1-4-30(6-2-5-29)50-36(48)44-21-17-42(18-22-44)32(46)24-26-9-13-28(14-10-26)34(39)40;18-12(15-6-3-11-1-4-14-5-2-11)16-7-9-17(10-8-16)13(19)20/h7-14,29-30H,1-6,15-24H2,(H3,37,38)(H3,39,40);11,14H,1-10H2,(H,15,18)(H,19,20). The lowest BCUT2D eigenvalue weighted by Gasteiger charge is -2.36. The fraction of sp³-hybridized carbons (Fsp3) is 0.592. The SMILES string of the molecule is N=C(N)c1ccc(CC(=O)N2CCN(C(=O)OC3CCCC(OC(=O)N4CCN(C(=O)Cc5ccc(C(=N)N)cc5)CC4)CCC3)CC2)cc1.O=C(O)N1CCN(C(=O)NCCC2CCNCC2)CC1. The quantitative estimate of drug-likeness (QED) is 0.126. The number of hydrogen-bond acceptors (Lipinski definition) is 11. The number of benzene rings is 2. The molecule has 7 amide bonds. The van der Waals surface area contributed by atoms with Crippen LogP contribution >= 0.6 is 0 Å². The normalized spacial score (nSPS) is 20.2. The summed E-state index contributed by atoms with van der Waals surface area (Å²) in [5.41, 5.74) is 13.9. The molecule has 5 fully saturated rings. The van der Waals surface area contributed by atoms with Gasteiger partial charge in [-0.1, -0.05) is 48.5 Å². The zero-order chi connectivity index (χ0) is 50.0. The van der Waals surface area contributed by atoms with Crippen LogP contribution in [0.5, 0.6) is 0 Å². The third-order valence-corrected chi connectivity index (χ3v) is 13.8. The molecular formula is C49H72N12O9. The molecule has 21 nitrogen and oxygen atoms in total. The number of nitrogen functional groups attached to an aromatic ring is 2. The maximum Gasteiger partial charge on any atom is 0.410 e. The molecule has 4 saturated heterocycles.